The first kappa shape index (κ1) is 18.3. The van der Waals surface area contributed by atoms with Crippen LogP contribution < -0.4 is 15.4 Å². The van der Waals surface area contributed by atoms with Crippen LogP contribution in [0.25, 0.3) is 0 Å². The van der Waals surface area contributed by atoms with Crippen LogP contribution in [-0.2, 0) is 9.53 Å². The molecule has 0 bridgehead atoms. The highest BCUT2D eigenvalue weighted by Gasteiger charge is 2.06. The Morgan fingerprint density at radius 1 is 1.08 bits per heavy atom. The topological polar surface area (TPSA) is 59.6 Å². The lowest BCUT2D eigenvalue weighted by molar-refractivity contribution is -0.114. The van der Waals surface area contributed by atoms with Crippen molar-refractivity contribution in [3.05, 3.63) is 53.0 Å². The van der Waals surface area contributed by atoms with Gasteiger partial charge in [0.25, 0.3) is 0 Å². The predicted molar refractivity (Wildman–Crippen MR) is 99.7 cm³/mol. The summed E-state index contributed by atoms with van der Waals surface area (Å²) in [6, 6.07) is 15.0. The van der Waals surface area contributed by atoms with Crippen molar-refractivity contribution < 1.29 is 14.3 Å². The molecular weight excluding hydrogens is 372 g/mol. The van der Waals surface area contributed by atoms with Gasteiger partial charge in [0, 0.05) is 16.8 Å². The third kappa shape index (κ3) is 6.22. The molecule has 1 amide bonds. The summed E-state index contributed by atoms with van der Waals surface area (Å²) in [4.78, 5) is 12.0. The Morgan fingerprint density at radius 3 is 2.58 bits per heavy atom. The van der Waals surface area contributed by atoms with Crippen LogP contribution in [0.1, 0.15) is 6.92 Å². The Balaban J connectivity index is 1.84. The molecule has 0 heterocycles. The SMILES string of the molecule is CCOCCOc1ccccc1NCC(=O)Nc1ccc(Br)cc1. The first-order chi connectivity index (χ1) is 11.7. The van der Waals surface area contributed by atoms with Gasteiger partial charge in [0.15, 0.2) is 0 Å². The second-order valence-corrected chi connectivity index (χ2v) is 5.87. The van der Waals surface area contributed by atoms with Crippen molar-refractivity contribution in [3.63, 3.8) is 0 Å². The number of benzene rings is 2. The number of carbonyl (C=O) groups excluding carboxylic acids is 1. The Morgan fingerprint density at radius 2 is 1.83 bits per heavy atom. The molecule has 0 atom stereocenters. The van der Waals surface area contributed by atoms with Crippen LogP contribution in [0.3, 0.4) is 0 Å². The van der Waals surface area contributed by atoms with E-state index in [1.807, 2.05) is 55.5 Å². The van der Waals surface area contributed by atoms with Crippen molar-refractivity contribution in [1.29, 1.82) is 0 Å². The Kier molecular flexibility index (Phi) is 7.58. The predicted octanol–water partition coefficient (Wildman–Crippen LogP) is 3.92. The fourth-order valence-corrected chi connectivity index (χ4v) is 2.27. The van der Waals surface area contributed by atoms with Crippen LogP contribution in [0, 0.1) is 0 Å². The third-order valence-electron chi connectivity index (χ3n) is 3.14. The molecule has 2 N–H and O–H groups in total. The minimum absolute atomic E-state index is 0.124. The van der Waals surface area contributed by atoms with Crippen LogP contribution in [0.4, 0.5) is 11.4 Å². The molecule has 24 heavy (non-hydrogen) atoms. The van der Waals surface area contributed by atoms with Gasteiger partial charge in [-0.3, -0.25) is 4.79 Å². The molecule has 2 rings (SSSR count). The molecule has 0 aliphatic carbocycles. The van der Waals surface area contributed by atoms with Gasteiger partial charge in [-0.1, -0.05) is 28.1 Å². The van der Waals surface area contributed by atoms with Gasteiger partial charge in [0.2, 0.25) is 5.91 Å². The summed E-state index contributed by atoms with van der Waals surface area (Å²) in [5.41, 5.74) is 1.53. The molecule has 0 aliphatic rings. The number of para-hydroxylation sites is 2. The van der Waals surface area contributed by atoms with E-state index in [-0.39, 0.29) is 12.5 Å². The van der Waals surface area contributed by atoms with Crippen molar-refractivity contribution in [1.82, 2.24) is 0 Å². The molecule has 0 saturated heterocycles. The average molecular weight is 393 g/mol. The molecule has 0 unspecified atom stereocenters. The van der Waals surface area contributed by atoms with Gasteiger partial charge in [-0.15, -0.1) is 0 Å². The van der Waals surface area contributed by atoms with Gasteiger partial charge in [0.1, 0.15) is 12.4 Å². The summed E-state index contributed by atoms with van der Waals surface area (Å²) in [6.07, 6.45) is 0. The molecular formula is C18H21BrN2O3. The second-order valence-electron chi connectivity index (χ2n) is 4.95. The lowest BCUT2D eigenvalue weighted by Crippen LogP contribution is -2.22. The number of rotatable bonds is 9. The van der Waals surface area contributed by atoms with Crippen molar-refractivity contribution >= 4 is 33.2 Å². The summed E-state index contributed by atoms with van der Waals surface area (Å²) in [6.45, 7) is 3.77. The molecule has 0 radical (unpaired) electrons. The van der Waals surface area contributed by atoms with Gasteiger partial charge in [-0.2, -0.15) is 0 Å². The summed E-state index contributed by atoms with van der Waals surface area (Å²) < 4.78 is 11.9. The maximum Gasteiger partial charge on any atom is 0.243 e. The molecule has 2 aromatic rings. The number of carbonyl (C=O) groups is 1. The van der Waals surface area contributed by atoms with E-state index in [2.05, 4.69) is 26.6 Å². The van der Waals surface area contributed by atoms with E-state index in [0.29, 0.717) is 25.6 Å². The van der Waals surface area contributed by atoms with E-state index in [4.69, 9.17) is 9.47 Å². The van der Waals surface area contributed by atoms with E-state index < -0.39 is 0 Å². The molecule has 0 aromatic heterocycles. The molecule has 0 fully saturated rings. The normalized spacial score (nSPS) is 10.2. The standard InChI is InChI=1S/C18H21BrN2O3/c1-2-23-11-12-24-17-6-4-3-5-16(17)20-13-18(22)21-15-9-7-14(19)8-10-15/h3-10,20H,2,11-13H2,1H3,(H,21,22). The summed E-state index contributed by atoms with van der Waals surface area (Å²) >= 11 is 3.36. The van der Waals surface area contributed by atoms with Crippen LogP contribution in [0.5, 0.6) is 5.75 Å². The van der Waals surface area contributed by atoms with Crippen LogP contribution in [-0.4, -0.2) is 32.3 Å². The van der Waals surface area contributed by atoms with Crippen LogP contribution in [0.15, 0.2) is 53.0 Å². The number of amides is 1. The number of hydrogen-bond donors (Lipinski definition) is 2. The highest BCUT2D eigenvalue weighted by atomic mass is 79.9. The van der Waals surface area contributed by atoms with E-state index in [1.54, 1.807) is 0 Å². The average Bonchev–Trinajstić information content (AvgIpc) is 2.60. The zero-order chi connectivity index (χ0) is 17.2. The highest BCUT2D eigenvalue weighted by molar-refractivity contribution is 9.10. The largest absolute Gasteiger partial charge is 0.489 e. The number of anilines is 2. The highest BCUT2D eigenvalue weighted by Crippen LogP contribution is 2.23. The minimum atomic E-state index is -0.124. The first-order valence-electron chi connectivity index (χ1n) is 7.78. The Hall–Kier alpha value is -2.05. The maximum atomic E-state index is 12.0. The number of halogens is 1. The fraction of sp³-hybridized carbons (Fsp3) is 0.278. The Bertz CT molecular complexity index is 647. The summed E-state index contributed by atoms with van der Waals surface area (Å²) in [5, 5.41) is 5.93. The van der Waals surface area contributed by atoms with E-state index in [1.165, 1.54) is 0 Å². The second kappa shape index (κ2) is 9.95. The molecule has 6 heteroatoms. The number of ether oxygens (including phenoxy) is 2. The van der Waals surface area contributed by atoms with Crippen LogP contribution in [0.2, 0.25) is 0 Å². The molecule has 0 spiro atoms. The monoisotopic (exact) mass is 392 g/mol. The van der Waals surface area contributed by atoms with Gasteiger partial charge in [-0.25, -0.2) is 0 Å². The van der Waals surface area contributed by atoms with Gasteiger partial charge >= 0.3 is 0 Å². The third-order valence-corrected chi connectivity index (χ3v) is 3.67. The summed E-state index contributed by atoms with van der Waals surface area (Å²) in [7, 11) is 0. The van der Waals surface area contributed by atoms with Crippen molar-refractivity contribution in [2.75, 3.05) is 37.0 Å². The zero-order valence-electron chi connectivity index (χ0n) is 13.5. The van der Waals surface area contributed by atoms with Gasteiger partial charge in [0.05, 0.1) is 18.8 Å². The zero-order valence-corrected chi connectivity index (χ0v) is 15.1. The maximum absolute atomic E-state index is 12.0. The quantitative estimate of drug-likeness (QED) is 0.635. The van der Waals surface area contributed by atoms with Crippen molar-refractivity contribution in [2.24, 2.45) is 0 Å². The van der Waals surface area contributed by atoms with Crippen LogP contribution >= 0.6 is 15.9 Å². The minimum Gasteiger partial charge on any atom is -0.489 e. The van der Waals surface area contributed by atoms with Gasteiger partial charge < -0.3 is 20.1 Å². The van der Waals surface area contributed by atoms with E-state index >= 15 is 0 Å². The lowest BCUT2D eigenvalue weighted by atomic mass is 10.3. The molecule has 128 valence electrons. The molecule has 0 saturated carbocycles. The van der Waals surface area contributed by atoms with Crippen molar-refractivity contribution in [2.45, 2.75) is 6.92 Å². The van der Waals surface area contributed by atoms with E-state index in [0.717, 1.165) is 15.8 Å². The molecule has 5 nitrogen and oxygen atoms in total. The Labute approximate surface area is 150 Å². The molecule has 0 aliphatic heterocycles. The fourth-order valence-electron chi connectivity index (χ4n) is 2.01. The van der Waals surface area contributed by atoms with Gasteiger partial charge in [-0.05, 0) is 43.3 Å². The van der Waals surface area contributed by atoms with Crippen molar-refractivity contribution in [3.8, 4) is 5.75 Å². The first-order valence-corrected chi connectivity index (χ1v) is 8.57. The lowest BCUT2D eigenvalue weighted by Gasteiger charge is -2.13. The smallest absolute Gasteiger partial charge is 0.243 e. The summed E-state index contributed by atoms with van der Waals surface area (Å²) in [5.74, 6) is 0.579. The van der Waals surface area contributed by atoms with E-state index in [9.17, 15) is 4.79 Å². The molecule has 2 aromatic carbocycles. The number of nitrogens with one attached hydrogen (secondary N) is 2. The number of hydrogen-bond acceptors (Lipinski definition) is 4.